The topological polar surface area (TPSA) is 149 Å². The Labute approximate surface area is 186 Å². The van der Waals surface area contributed by atoms with Crippen molar-refractivity contribution in [2.45, 2.75) is 40.0 Å². The van der Waals surface area contributed by atoms with Gasteiger partial charge in [0.25, 0.3) is 5.56 Å². The van der Waals surface area contributed by atoms with Gasteiger partial charge < -0.3 is 20.9 Å². The van der Waals surface area contributed by atoms with E-state index >= 15 is 0 Å². The van der Waals surface area contributed by atoms with Crippen molar-refractivity contribution in [1.82, 2.24) is 9.88 Å². The number of pyridine rings is 1. The Hall–Kier alpha value is -3.93. The van der Waals surface area contributed by atoms with Crippen LogP contribution in [0.4, 0.5) is 5.69 Å². The fraction of sp³-hybridized carbons (Fsp3) is 0.348. The van der Waals surface area contributed by atoms with E-state index in [1.54, 1.807) is 30.9 Å². The van der Waals surface area contributed by atoms with Gasteiger partial charge in [-0.05, 0) is 62.6 Å². The van der Waals surface area contributed by atoms with E-state index in [0.717, 1.165) is 5.56 Å². The number of carbonyl (C=O) groups excluding carboxylic acids is 3. The van der Waals surface area contributed by atoms with Gasteiger partial charge in [-0.3, -0.25) is 19.2 Å². The molecule has 32 heavy (non-hydrogen) atoms. The summed E-state index contributed by atoms with van der Waals surface area (Å²) < 4.78 is 0. The molecule has 1 heterocycles. The van der Waals surface area contributed by atoms with E-state index < -0.39 is 11.5 Å². The number of benzene rings is 1. The predicted octanol–water partition coefficient (Wildman–Crippen LogP) is 1.77. The van der Waals surface area contributed by atoms with Gasteiger partial charge in [0.1, 0.15) is 11.6 Å². The molecule has 0 bridgehead atoms. The van der Waals surface area contributed by atoms with E-state index in [2.05, 4.69) is 10.3 Å². The third-order valence-corrected chi connectivity index (χ3v) is 5.31. The van der Waals surface area contributed by atoms with Crippen LogP contribution in [-0.4, -0.2) is 40.7 Å². The number of amides is 3. The molecule has 0 fully saturated rings. The van der Waals surface area contributed by atoms with Crippen LogP contribution in [0.3, 0.4) is 0 Å². The van der Waals surface area contributed by atoms with E-state index in [4.69, 9.17) is 5.73 Å². The van der Waals surface area contributed by atoms with E-state index in [0.29, 0.717) is 35.5 Å². The molecule has 2 rings (SSSR count). The molecule has 0 aliphatic carbocycles. The van der Waals surface area contributed by atoms with Crippen molar-refractivity contribution in [1.29, 1.82) is 5.26 Å². The highest BCUT2D eigenvalue weighted by Crippen LogP contribution is 2.16. The standard InChI is InChI=1S/C23H27N5O4/c1-4-28(12-11-20(29)27-17-7-5-16(6-8-17)22(25)31)21(30)10-9-18-14(2)19(13-24)23(32)26-15(18)3/h5-8H,4,9-12H2,1-3H3,(H2,25,31)(H,26,32)(H,27,29). The quantitative estimate of drug-likeness (QED) is 0.546. The zero-order valence-corrected chi connectivity index (χ0v) is 18.4. The summed E-state index contributed by atoms with van der Waals surface area (Å²) in [7, 11) is 0. The highest BCUT2D eigenvalue weighted by molar-refractivity contribution is 5.94. The van der Waals surface area contributed by atoms with Crippen LogP contribution in [0.5, 0.6) is 0 Å². The van der Waals surface area contributed by atoms with Crippen LogP contribution in [-0.2, 0) is 16.0 Å². The van der Waals surface area contributed by atoms with E-state index in [1.807, 2.05) is 13.0 Å². The van der Waals surface area contributed by atoms with Gasteiger partial charge in [0.15, 0.2) is 0 Å². The fourth-order valence-corrected chi connectivity index (χ4v) is 3.45. The van der Waals surface area contributed by atoms with Gasteiger partial charge in [0.05, 0.1) is 0 Å². The van der Waals surface area contributed by atoms with Crippen LogP contribution in [0, 0.1) is 25.2 Å². The number of nitrogens with one attached hydrogen (secondary N) is 2. The first-order valence-corrected chi connectivity index (χ1v) is 10.3. The second kappa shape index (κ2) is 10.9. The Bertz CT molecular complexity index is 1110. The van der Waals surface area contributed by atoms with E-state index in [1.165, 1.54) is 12.1 Å². The second-order valence-electron chi connectivity index (χ2n) is 7.38. The van der Waals surface area contributed by atoms with Gasteiger partial charge in [0, 0.05) is 42.9 Å². The lowest BCUT2D eigenvalue weighted by atomic mass is 9.99. The summed E-state index contributed by atoms with van der Waals surface area (Å²) in [6, 6.07) is 8.14. The van der Waals surface area contributed by atoms with Crippen molar-refractivity contribution in [3.63, 3.8) is 0 Å². The highest BCUT2D eigenvalue weighted by Gasteiger charge is 2.17. The molecule has 0 spiro atoms. The molecule has 1 aromatic heterocycles. The van der Waals surface area contributed by atoms with E-state index in [-0.39, 0.29) is 36.8 Å². The summed E-state index contributed by atoms with van der Waals surface area (Å²) in [5.74, 6) is -0.917. The molecular weight excluding hydrogens is 410 g/mol. The number of H-pyrrole nitrogens is 1. The second-order valence-corrected chi connectivity index (χ2v) is 7.38. The van der Waals surface area contributed by atoms with Crippen molar-refractivity contribution < 1.29 is 14.4 Å². The number of anilines is 1. The predicted molar refractivity (Wildman–Crippen MR) is 120 cm³/mol. The Kier molecular flexibility index (Phi) is 8.30. The molecule has 168 valence electrons. The summed E-state index contributed by atoms with van der Waals surface area (Å²) in [4.78, 5) is 52.1. The number of nitriles is 1. The first-order chi connectivity index (χ1) is 15.2. The number of carbonyl (C=O) groups is 3. The molecule has 2 aromatic rings. The first-order valence-electron chi connectivity index (χ1n) is 10.3. The molecule has 4 N–H and O–H groups in total. The highest BCUT2D eigenvalue weighted by atomic mass is 16.2. The number of aromatic amines is 1. The van der Waals surface area contributed by atoms with Crippen molar-refractivity contribution in [3.05, 3.63) is 62.6 Å². The van der Waals surface area contributed by atoms with Crippen molar-refractivity contribution >= 4 is 23.4 Å². The molecule has 0 atom stereocenters. The molecular formula is C23H27N5O4. The molecule has 0 unspecified atom stereocenters. The Balaban J connectivity index is 1.93. The largest absolute Gasteiger partial charge is 0.366 e. The lowest BCUT2D eigenvalue weighted by Crippen LogP contribution is -2.34. The zero-order chi connectivity index (χ0) is 23.8. The number of aromatic nitrogens is 1. The summed E-state index contributed by atoms with van der Waals surface area (Å²) >= 11 is 0. The molecule has 0 aliphatic heterocycles. The minimum absolute atomic E-state index is 0.0610. The van der Waals surface area contributed by atoms with Gasteiger partial charge in [-0.15, -0.1) is 0 Å². The maximum atomic E-state index is 12.7. The van der Waals surface area contributed by atoms with Crippen molar-refractivity contribution in [3.8, 4) is 6.07 Å². The number of nitrogens with two attached hydrogens (primary N) is 1. The third kappa shape index (κ3) is 6.04. The number of hydrogen-bond donors (Lipinski definition) is 3. The van der Waals surface area contributed by atoms with E-state index in [9.17, 15) is 24.4 Å². The number of rotatable bonds is 9. The third-order valence-electron chi connectivity index (χ3n) is 5.31. The van der Waals surface area contributed by atoms with Crippen LogP contribution in [0.25, 0.3) is 0 Å². The van der Waals surface area contributed by atoms with Gasteiger partial charge in [-0.25, -0.2) is 0 Å². The van der Waals surface area contributed by atoms with Crippen LogP contribution in [0.1, 0.15) is 52.5 Å². The summed E-state index contributed by atoms with van der Waals surface area (Å²) in [6.45, 7) is 5.99. The van der Waals surface area contributed by atoms with Gasteiger partial charge in [-0.1, -0.05) is 0 Å². The zero-order valence-electron chi connectivity index (χ0n) is 18.4. The first kappa shape index (κ1) is 24.3. The fourth-order valence-electron chi connectivity index (χ4n) is 3.45. The van der Waals surface area contributed by atoms with Crippen LogP contribution < -0.4 is 16.6 Å². The van der Waals surface area contributed by atoms with Gasteiger partial charge >= 0.3 is 0 Å². The lowest BCUT2D eigenvalue weighted by molar-refractivity contribution is -0.131. The van der Waals surface area contributed by atoms with Crippen molar-refractivity contribution in [2.75, 3.05) is 18.4 Å². The summed E-state index contributed by atoms with van der Waals surface area (Å²) in [5, 5.41) is 11.9. The normalized spacial score (nSPS) is 10.3. The lowest BCUT2D eigenvalue weighted by Gasteiger charge is -2.21. The minimum atomic E-state index is -0.545. The number of nitrogens with zero attached hydrogens (tertiary/aromatic N) is 2. The maximum absolute atomic E-state index is 12.7. The van der Waals surface area contributed by atoms with Crippen LogP contribution in [0.2, 0.25) is 0 Å². The molecule has 0 saturated carbocycles. The molecule has 0 radical (unpaired) electrons. The Morgan fingerprint density at radius 1 is 1.16 bits per heavy atom. The number of aryl methyl sites for hydroxylation is 1. The number of hydrogen-bond acceptors (Lipinski definition) is 5. The van der Waals surface area contributed by atoms with Crippen LogP contribution in [0.15, 0.2) is 29.1 Å². The van der Waals surface area contributed by atoms with Crippen LogP contribution >= 0.6 is 0 Å². The van der Waals surface area contributed by atoms with Gasteiger partial charge in [0.2, 0.25) is 17.7 Å². The Morgan fingerprint density at radius 3 is 2.38 bits per heavy atom. The number of primary amides is 1. The van der Waals surface area contributed by atoms with Gasteiger partial charge in [-0.2, -0.15) is 5.26 Å². The monoisotopic (exact) mass is 437 g/mol. The van der Waals surface area contributed by atoms with Crippen molar-refractivity contribution in [2.24, 2.45) is 5.73 Å². The summed E-state index contributed by atoms with van der Waals surface area (Å²) in [6.07, 6.45) is 0.700. The Morgan fingerprint density at radius 2 is 1.81 bits per heavy atom. The molecule has 1 aromatic carbocycles. The molecule has 0 saturated heterocycles. The average Bonchev–Trinajstić information content (AvgIpc) is 2.74. The molecule has 3 amide bonds. The molecule has 9 nitrogen and oxygen atoms in total. The summed E-state index contributed by atoms with van der Waals surface area (Å²) in [5.41, 5.74) is 7.72. The average molecular weight is 438 g/mol. The maximum Gasteiger partial charge on any atom is 0.266 e. The minimum Gasteiger partial charge on any atom is -0.366 e. The smallest absolute Gasteiger partial charge is 0.266 e. The molecule has 9 heteroatoms. The molecule has 0 aliphatic rings. The SMILES string of the molecule is CCN(CCC(=O)Nc1ccc(C(N)=O)cc1)C(=O)CCc1c(C)[nH]c(=O)c(C#N)c1C.